The van der Waals surface area contributed by atoms with Crippen LogP contribution in [0.15, 0.2) is 88.2 Å². The van der Waals surface area contributed by atoms with Crippen molar-refractivity contribution in [3.63, 3.8) is 0 Å². The van der Waals surface area contributed by atoms with E-state index < -0.39 is 16.9 Å². The number of hydrogen-bond donors (Lipinski definition) is 1. The van der Waals surface area contributed by atoms with E-state index in [2.05, 4.69) is 40.6 Å². The van der Waals surface area contributed by atoms with Crippen molar-refractivity contribution in [1.29, 1.82) is 0 Å². The average molecular weight is 803 g/mol. The SMILES string of the molecule is CCCCN(CCCC)C(=O)c1nn(-c2ccc(C(=O)NS(=O)c3ccc4ccccc4c3)cc2C(=O)N2CCc3ccc(Br)cc3C2)c(C)c1Cl. The normalized spacial score (nSPS) is 13.1. The van der Waals surface area contributed by atoms with Gasteiger partial charge in [0, 0.05) is 36.2 Å². The van der Waals surface area contributed by atoms with Gasteiger partial charge in [-0.2, -0.15) is 5.10 Å². The molecule has 52 heavy (non-hydrogen) atoms. The van der Waals surface area contributed by atoms with Crippen LogP contribution in [0.4, 0.5) is 0 Å². The number of rotatable bonds is 12. The van der Waals surface area contributed by atoms with E-state index in [0.717, 1.165) is 46.5 Å². The first-order valence-electron chi connectivity index (χ1n) is 17.6. The van der Waals surface area contributed by atoms with Crippen LogP contribution in [0.5, 0.6) is 0 Å². The van der Waals surface area contributed by atoms with Crippen molar-refractivity contribution in [1.82, 2.24) is 24.3 Å². The van der Waals surface area contributed by atoms with Crippen molar-refractivity contribution in [2.75, 3.05) is 19.6 Å². The summed E-state index contributed by atoms with van der Waals surface area (Å²) in [7, 11) is -1.86. The van der Waals surface area contributed by atoms with Crippen LogP contribution in [0.2, 0.25) is 5.02 Å². The van der Waals surface area contributed by atoms with Crippen molar-refractivity contribution in [3.05, 3.63) is 122 Å². The summed E-state index contributed by atoms with van der Waals surface area (Å²) in [5.41, 5.74) is 3.55. The molecule has 1 aliphatic rings. The van der Waals surface area contributed by atoms with E-state index in [1.165, 1.54) is 16.3 Å². The van der Waals surface area contributed by atoms with E-state index >= 15 is 0 Å². The molecule has 1 unspecified atom stereocenters. The number of unbranched alkanes of at least 4 members (excludes halogenated alkanes) is 2. The van der Waals surface area contributed by atoms with E-state index in [0.29, 0.717) is 48.9 Å². The molecule has 0 spiro atoms. The molecular weight excluding hydrogens is 762 g/mol. The highest BCUT2D eigenvalue weighted by atomic mass is 79.9. The lowest BCUT2D eigenvalue weighted by atomic mass is 9.98. The number of fused-ring (bicyclic) bond motifs is 2. The molecule has 0 aliphatic carbocycles. The maximum atomic E-state index is 14.5. The van der Waals surface area contributed by atoms with Crippen molar-refractivity contribution in [2.24, 2.45) is 0 Å². The van der Waals surface area contributed by atoms with Crippen LogP contribution in [0, 0.1) is 6.92 Å². The second-order valence-electron chi connectivity index (χ2n) is 13.0. The molecule has 5 aromatic rings. The first kappa shape index (κ1) is 37.4. The van der Waals surface area contributed by atoms with E-state index in [9.17, 15) is 18.6 Å². The molecule has 3 amide bonds. The van der Waals surface area contributed by atoms with Gasteiger partial charge in [-0.15, -0.1) is 0 Å². The third kappa shape index (κ3) is 8.01. The first-order valence-corrected chi connectivity index (χ1v) is 19.9. The van der Waals surface area contributed by atoms with Crippen molar-refractivity contribution >= 4 is 67.0 Å². The number of carbonyl (C=O) groups excluding carboxylic acids is 3. The van der Waals surface area contributed by atoms with Gasteiger partial charge in [-0.1, -0.05) is 90.6 Å². The summed E-state index contributed by atoms with van der Waals surface area (Å²) in [6, 6.07) is 23.8. The Bertz CT molecular complexity index is 2180. The Morgan fingerprint density at radius 3 is 2.38 bits per heavy atom. The Labute approximate surface area is 320 Å². The summed E-state index contributed by atoms with van der Waals surface area (Å²) >= 11 is 10.4. The Morgan fingerprint density at radius 2 is 1.65 bits per heavy atom. The molecule has 2 heterocycles. The van der Waals surface area contributed by atoms with Crippen molar-refractivity contribution in [2.45, 2.75) is 64.3 Å². The van der Waals surface area contributed by atoms with Crippen LogP contribution in [-0.2, 0) is 24.0 Å². The van der Waals surface area contributed by atoms with Crippen molar-refractivity contribution < 1.29 is 18.6 Å². The molecule has 4 aromatic carbocycles. The minimum absolute atomic E-state index is 0.120. The monoisotopic (exact) mass is 801 g/mol. The summed E-state index contributed by atoms with van der Waals surface area (Å²) in [6.45, 7) is 7.96. The topological polar surface area (TPSA) is 105 Å². The lowest BCUT2D eigenvalue weighted by molar-refractivity contribution is 0.0732. The van der Waals surface area contributed by atoms with Gasteiger partial charge >= 0.3 is 0 Å². The molecule has 6 rings (SSSR count). The Balaban J connectivity index is 1.36. The molecule has 12 heteroatoms. The Hall–Kier alpha value is -4.32. The largest absolute Gasteiger partial charge is 0.337 e. The maximum absolute atomic E-state index is 14.5. The van der Waals surface area contributed by atoms with E-state index in [-0.39, 0.29) is 33.7 Å². The zero-order valence-electron chi connectivity index (χ0n) is 29.5. The fourth-order valence-corrected chi connectivity index (χ4v) is 7.84. The van der Waals surface area contributed by atoms with Crippen LogP contribution in [0.1, 0.15) is 87.6 Å². The predicted octanol–water partition coefficient (Wildman–Crippen LogP) is 8.44. The summed E-state index contributed by atoms with van der Waals surface area (Å²) in [5, 5.41) is 6.82. The molecule has 0 radical (unpaired) electrons. The van der Waals surface area contributed by atoms with E-state index in [1.54, 1.807) is 41.0 Å². The molecular formula is C40H41BrClN5O4S. The van der Waals surface area contributed by atoms with Crippen molar-refractivity contribution in [3.8, 4) is 5.69 Å². The number of aromatic nitrogens is 2. The lowest BCUT2D eigenvalue weighted by Crippen LogP contribution is -2.37. The zero-order chi connectivity index (χ0) is 36.9. The zero-order valence-corrected chi connectivity index (χ0v) is 32.6. The standard InChI is InChI=1S/C40H41BrClN5O4S/c1-4-6-19-45(20-7-5-2)40(50)37-36(42)26(3)47(43-37)35-17-14-30(38(48)44-52(51)33-16-13-27-10-8-9-11-29(27)23-33)24-34(35)39(49)46-21-18-28-12-15-32(41)22-31(28)25-46/h8-17,22-24H,4-7,18-21,25H2,1-3H3,(H,44,48). The molecule has 1 aliphatic heterocycles. The second-order valence-corrected chi connectivity index (χ2v) is 15.5. The highest BCUT2D eigenvalue weighted by Gasteiger charge is 2.29. The van der Waals surface area contributed by atoms with Crippen LogP contribution in [-0.4, -0.2) is 61.1 Å². The molecule has 0 fully saturated rings. The minimum atomic E-state index is -1.86. The van der Waals surface area contributed by atoms with Gasteiger partial charge in [0.2, 0.25) is 0 Å². The van der Waals surface area contributed by atoms with Gasteiger partial charge in [0.05, 0.1) is 26.9 Å². The van der Waals surface area contributed by atoms with E-state index in [4.69, 9.17) is 16.7 Å². The van der Waals surface area contributed by atoms with Crippen LogP contribution in [0.25, 0.3) is 16.5 Å². The van der Waals surface area contributed by atoms with Gasteiger partial charge in [0.1, 0.15) is 0 Å². The Morgan fingerprint density at radius 1 is 0.923 bits per heavy atom. The number of carbonyl (C=O) groups is 3. The third-order valence-electron chi connectivity index (χ3n) is 9.40. The fourth-order valence-electron chi connectivity index (χ4n) is 6.40. The molecule has 1 atom stereocenters. The van der Waals surface area contributed by atoms with Gasteiger partial charge < -0.3 is 9.80 Å². The second kappa shape index (κ2) is 16.6. The van der Waals surface area contributed by atoms with Crippen LogP contribution < -0.4 is 4.72 Å². The summed E-state index contributed by atoms with van der Waals surface area (Å²) in [6.07, 6.45) is 4.27. The number of nitrogens with one attached hydrogen (secondary N) is 1. The Kier molecular flexibility index (Phi) is 11.9. The van der Waals surface area contributed by atoms with Crippen LogP contribution >= 0.6 is 27.5 Å². The average Bonchev–Trinajstić information content (AvgIpc) is 3.46. The van der Waals surface area contributed by atoms with Gasteiger partial charge in [0.15, 0.2) is 16.7 Å². The van der Waals surface area contributed by atoms with Crippen LogP contribution in [0.3, 0.4) is 0 Å². The quantitative estimate of drug-likeness (QED) is 0.136. The molecule has 0 saturated carbocycles. The first-order chi connectivity index (χ1) is 25.1. The predicted molar refractivity (Wildman–Crippen MR) is 209 cm³/mol. The fraction of sp³-hybridized carbons (Fsp3) is 0.300. The summed E-state index contributed by atoms with van der Waals surface area (Å²) < 4.78 is 18.4. The molecule has 1 N–H and O–H groups in total. The molecule has 270 valence electrons. The van der Waals surface area contributed by atoms with E-state index in [1.807, 2.05) is 42.5 Å². The third-order valence-corrected chi connectivity index (χ3v) is 11.4. The van der Waals surface area contributed by atoms with Gasteiger partial charge in [0.25, 0.3) is 17.7 Å². The number of halogens is 2. The summed E-state index contributed by atoms with van der Waals surface area (Å²) in [5.74, 6) is -1.17. The molecule has 0 saturated heterocycles. The minimum Gasteiger partial charge on any atom is -0.337 e. The smallest absolute Gasteiger partial charge is 0.275 e. The highest BCUT2D eigenvalue weighted by Crippen LogP contribution is 2.30. The van der Waals surface area contributed by atoms with Gasteiger partial charge in [-0.25, -0.2) is 8.89 Å². The number of amides is 3. The number of nitrogens with zero attached hydrogens (tertiary/aromatic N) is 4. The number of hydrogen-bond acceptors (Lipinski definition) is 5. The number of benzene rings is 4. The summed E-state index contributed by atoms with van der Waals surface area (Å²) in [4.78, 5) is 45.9. The molecule has 1 aromatic heterocycles. The maximum Gasteiger partial charge on any atom is 0.275 e. The van der Waals surface area contributed by atoms with Gasteiger partial charge in [-0.3, -0.25) is 19.1 Å². The lowest BCUT2D eigenvalue weighted by Gasteiger charge is -2.30. The highest BCUT2D eigenvalue weighted by molar-refractivity contribution is 9.10. The molecule has 0 bridgehead atoms. The van der Waals surface area contributed by atoms with Gasteiger partial charge in [-0.05, 0) is 90.6 Å². The molecule has 9 nitrogen and oxygen atoms in total.